The highest BCUT2D eigenvalue weighted by atomic mass is 32.1. The number of hydrogen-bond donors (Lipinski definition) is 2. The van der Waals surface area contributed by atoms with Gasteiger partial charge in [0.05, 0.1) is 12.8 Å². The summed E-state index contributed by atoms with van der Waals surface area (Å²) in [5.41, 5.74) is 2.69. The van der Waals surface area contributed by atoms with Gasteiger partial charge in [0, 0.05) is 31.3 Å². The zero-order valence-corrected chi connectivity index (χ0v) is 19.5. The highest BCUT2D eigenvalue weighted by molar-refractivity contribution is 7.71. The van der Waals surface area contributed by atoms with Gasteiger partial charge in [-0.2, -0.15) is 5.10 Å². The summed E-state index contributed by atoms with van der Waals surface area (Å²) < 4.78 is 13.3. The molecule has 0 saturated heterocycles. The van der Waals surface area contributed by atoms with Crippen LogP contribution < -0.4 is 14.8 Å². The molecule has 0 saturated carbocycles. The summed E-state index contributed by atoms with van der Waals surface area (Å²) in [5.74, 6) is 2.09. The van der Waals surface area contributed by atoms with Crippen LogP contribution in [0.3, 0.4) is 0 Å². The predicted molar refractivity (Wildman–Crippen MR) is 131 cm³/mol. The molecule has 0 bridgehead atoms. The van der Waals surface area contributed by atoms with E-state index in [4.69, 9.17) is 21.7 Å². The lowest BCUT2D eigenvalue weighted by atomic mass is 10.2. The largest absolute Gasteiger partial charge is 0.497 e. The van der Waals surface area contributed by atoms with Crippen LogP contribution >= 0.6 is 12.2 Å². The summed E-state index contributed by atoms with van der Waals surface area (Å²) in [4.78, 5) is 16.8. The van der Waals surface area contributed by atoms with Gasteiger partial charge in [-0.05, 0) is 66.3 Å². The Balaban J connectivity index is 1.30. The fourth-order valence-electron chi connectivity index (χ4n) is 3.37. The molecule has 2 N–H and O–H groups in total. The van der Waals surface area contributed by atoms with Crippen LogP contribution in [-0.4, -0.2) is 32.8 Å². The Morgan fingerprint density at radius 2 is 1.94 bits per heavy atom. The van der Waals surface area contributed by atoms with E-state index in [2.05, 4.69) is 20.5 Å². The van der Waals surface area contributed by atoms with Gasteiger partial charge in [0.15, 0.2) is 10.6 Å². The minimum atomic E-state index is -0.0800. The summed E-state index contributed by atoms with van der Waals surface area (Å²) in [6.07, 6.45) is 2.01. The number of aromatic nitrogens is 4. The maximum atomic E-state index is 12.5. The van der Waals surface area contributed by atoms with E-state index >= 15 is 0 Å². The minimum Gasteiger partial charge on any atom is -0.497 e. The van der Waals surface area contributed by atoms with Gasteiger partial charge in [-0.1, -0.05) is 18.2 Å². The van der Waals surface area contributed by atoms with Gasteiger partial charge in [-0.15, -0.1) is 0 Å². The van der Waals surface area contributed by atoms with Crippen molar-refractivity contribution in [2.75, 3.05) is 7.11 Å². The van der Waals surface area contributed by atoms with Gasteiger partial charge in [0.1, 0.15) is 18.1 Å². The molecular formula is C25H25N5O3S. The molecule has 8 nitrogen and oxygen atoms in total. The standard InChI is InChI=1S/C25H25N5O3S/c1-32-21-10-8-19(9-11-21)24-28-29-25(34)30(24)14-12-23(31)27-16-18-5-4-7-22(15-18)33-17-20-6-2-3-13-26-20/h2-11,13,15H,12,14,16-17H2,1H3,(H,27,31)(H,29,34). The number of aromatic amines is 1. The van der Waals surface area contributed by atoms with E-state index in [9.17, 15) is 4.79 Å². The third kappa shape index (κ3) is 6.08. The first-order valence-corrected chi connectivity index (χ1v) is 11.2. The van der Waals surface area contributed by atoms with Gasteiger partial charge in [0.25, 0.3) is 0 Å². The summed E-state index contributed by atoms with van der Waals surface area (Å²) in [6.45, 7) is 1.20. The molecule has 0 unspecified atom stereocenters. The number of rotatable bonds is 10. The van der Waals surface area contributed by atoms with Crippen molar-refractivity contribution in [2.45, 2.75) is 26.1 Å². The zero-order chi connectivity index (χ0) is 23.8. The summed E-state index contributed by atoms with van der Waals surface area (Å²) in [7, 11) is 1.62. The smallest absolute Gasteiger partial charge is 0.222 e. The Labute approximate surface area is 202 Å². The van der Waals surface area contributed by atoms with Gasteiger partial charge in [-0.3, -0.25) is 19.4 Å². The van der Waals surface area contributed by atoms with Crippen molar-refractivity contribution < 1.29 is 14.3 Å². The molecule has 0 aliphatic carbocycles. The van der Waals surface area contributed by atoms with E-state index in [1.165, 1.54) is 0 Å². The molecule has 174 valence electrons. The van der Waals surface area contributed by atoms with Crippen LogP contribution in [0.4, 0.5) is 0 Å². The second kappa shape index (κ2) is 11.2. The molecule has 0 radical (unpaired) electrons. The molecule has 2 aromatic heterocycles. The lowest BCUT2D eigenvalue weighted by Crippen LogP contribution is -2.24. The molecule has 0 fully saturated rings. The molecule has 9 heteroatoms. The number of carbonyl (C=O) groups excluding carboxylic acids is 1. The average molecular weight is 476 g/mol. The highest BCUT2D eigenvalue weighted by Gasteiger charge is 2.11. The van der Waals surface area contributed by atoms with E-state index < -0.39 is 0 Å². The van der Waals surface area contributed by atoms with Gasteiger partial charge in [-0.25, -0.2) is 0 Å². The molecule has 4 aromatic rings. The monoisotopic (exact) mass is 475 g/mol. The minimum absolute atomic E-state index is 0.0800. The number of carbonyl (C=O) groups is 1. The van der Waals surface area contributed by atoms with Crippen molar-refractivity contribution in [1.29, 1.82) is 0 Å². The van der Waals surface area contributed by atoms with Crippen molar-refractivity contribution in [2.24, 2.45) is 0 Å². The normalized spacial score (nSPS) is 10.6. The van der Waals surface area contributed by atoms with Gasteiger partial charge in [0.2, 0.25) is 5.91 Å². The second-order valence-corrected chi connectivity index (χ2v) is 7.90. The molecule has 2 heterocycles. The predicted octanol–water partition coefficient (Wildman–Crippen LogP) is 4.30. The number of nitrogens with one attached hydrogen (secondary N) is 2. The topological polar surface area (TPSA) is 94.1 Å². The van der Waals surface area contributed by atoms with Crippen LogP contribution in [0.5, 0.6) is 11.5 Å². The Hall–Kier alpha value is -3.98. The fourth-order valence-corrected chi connectivity index (χ4v) is 3.60. The van der Waals surface area contributed by atoms with E-state index in [0.717, 1.165) is 28.3 Å². The number of hydrogen-bond acceptors (Lipinski definition) is 6. The lowest BCUT2D eigenvalue weighted by molar-refractivity contribution is -0.121. The first-order chi connectivity index (χ1) is 16.6. The third-order valence-electron chi connectivity index (χ3n) is 5.17. The molecule has 0 aliphatic rings. The number of nitrogens with zero attached hydrogens (tertiary/aromatic N) is 3. The SMILES string of the molecule is COc1ccc(-c2n[nH]c(=S)n2CCC(=O)NCc2cccc(OCc3ccccn3)c2)cc1. The Morgan fingerprint density at radius 1 is 1.09 bits per heavy atom. The number of pyridine rings is 1. The highest BCUT2D eigenvalue weighted by Crippen LogP contribution is 2.21. The Morgan fingerprint density at radius 3 is 2.71 bits per heavy atom. The van der Waals surface area contributed by atoms with Crippen LogP contribution in [0.1, 0.15) is 17.7 Å². The summed E-state index contributed by atoms with van der Waals surface area (Å²) in [5, 5.41) is 10.1. The van der Waals surface area contributed by atoms with Gasteiger partial charge < -0.3 is 14.8 Å². The van der Waals surface area contributed by atoms with Crippen LogP contribution in [0, 0.1) is 4.77 Å². The van der Waals surface area contributed by atoms with Crippen LogP contribution in [-0.2, 0) is 24.5 Å². The first kappa shape index (κ1) is 23.2. The first-order valence-electron chi connectivity index (χ1n) is 10.8. The van der Waals surface area contributed by atoms with Crippen LogP contribution in [0.2, 0.25) is 0 Å². The van der Waals surface area contributed by atoms with Crippen molar-refractivity contribution in [3.05, 3.63) is 89.0 Å². The van der Waals surface area contributed by atoms with E-state index in [1.807, 2.05) is 71.3 Å². The molecule has 0 aliphatic heterocycles. The van der Waals surface area contributed by atoms with Crippen molar-refractivity contribution >= 4 is 18.1 Å². The maximum Gasteiger partial charge on any atom is 0.222 e. The molecular weight excluding hydrogens is 450 g/mol. The molecule has 0 spiro atoms. The second-order valence-electron chi connectivity index (χ2n) is 7.52. The van der Waals surface area contributed by atoms with E-state index in [1.54, 1.807) is 13.3 Å². The lowest BCUT2D eigenvalue weighted by Gasteiger charge is -2.10. The summed E-state index contributed by atoms with van der Waals surface area (Å²) in [6, 6.07) is 20.9. The molecule has 0 atom stereocenters. The number of ether oxygens (including phenoxy) is 2. The average Bonchev–Trinajstić information content (AvgIpc) is 3.26. The Kier molecular flexibility index (Phi) is 7.67. The van der Waals surface area contributed by atoms with Crippen LogP contribution in [0.25, 0.3) is 11.4 Å². The number of benzene rings is 2. The fraction of sp³-hybridized carbons (Fsp3) is 0.200. The third-order valence-corrected chi connectivity index (χ3v) is 5.48. The zero-order valence-electron chi connectivity index (χ0n) is 18.7. The number of amides is 1. The Bertz CT molecular complexity index is 1290. The molecule has 4 rings (SSSR count). The number of H-pyrrole nitrogens is 1. The number of methoxy groups -OCH3 is 1. The molecule has 2 aromatic carbocycles. The van der Waals surface area contributed by atoms with Crippen molar-refractivity contribution in [1.82, 2.24) is 25.1 Å². The molecule has 1 amide bonds. The van der Waals surface area contributed by atoms with Gasteiger partial charge >= 0.3 is 0 Å². The summed E-state index contributed by atoms with van der Waals surface area (Å²) >= 11 is 5.36. The van der Waals surface area contributed by atoms with Crippen LogP contribution in [0.15, 0.2) is 72.9 Å². The molecule has 34 heavy (non-hydrogen) atoms. The van der Waals surface area contributed by atoms with Crippen molar-refractivity contribution in [3.63, 3.8) is 0 Å². The van der Waals surface area contributed by atoms with Crippen molar-refractivity contribution in [3.8, 4) is 22.9 Å². The maximum absolute atomic E-state index is 12.5. The quantitative estimate of drug-likeness (QED) is 0.332. The van der Waals surface area contributed by atoms with E-state index in [-0.39, 0.29) is 12.3 Å². The van der Waals surface area contributed by atoms with E-state index in [0.29, 0.717) is 30.3 Å².